The standard InChI is InChI=1S/C13H20O2/c1-9-7-12(15-4)8-10(2)13(9)6-5-11(3)14/h7-8,11,14H,5-6H2,1-4H3. The third-order valence-corrected chi connectivity index (χ3v) is 2.72. The minimum Gasteiger partial charge on any atom is -0.497 e. The summed E-state index contributed by atoms with van der Waals surface area (Å²) in [6, 6.07) is 4.09. The predicted molar refractivity (Wildman–Crippen MR) is 62.5 cm³/mol. The molecule has 0 saturated carbocycles. The van der Waals surface area contributed by atoms with Crippen molar-refractivity contribution in [2.45, 2.75) is 39.7 Å². The second kappa shape index (κ2) is 5.17. The Morgan fingerprint density at radius 1 is 1.27 bits per heavy atom. The fourth-order valence-electron chi connectivity index (χ4n) is 1.82. The van der Waals surface area contributed by atoms with Gasteiger partial charge in [-0.15, -0.1) is 0 Å². The highest BCUT2D eigenvalue weighted by atomic mass is 16.5. The zero-order valence-corrected chi connectivity index (χ0v) is 10.0. The lowest BCUT2D eigenvalue weighted by Crippen LogP contribution is -2.04. The molecule has 1 aromatic rings. The molecule has 0 aliphatic carbocycles. The van der Waals surface area contributed by atoms with Crippen molar-refractivity contribution in [3.63, 3.8) is 0 Å². The van der Waals surface area contributed by atoms with Crippen molar-refractivity contribution < 1.29 is 9.84 Å². The van der Waals surface area contributed by atoms with E-state index < -0.39 is 0 Å². The average molecular weight is 208 g/mol. The largest absolute Gasteiger partial charge is 0.497 e. The summed E-state index contributed by atoms with van der Waals surface area (Å²) in [7, 11) is 1.68. The molecule has 0 amide bonds. The maximum absolute atomic E-state index is 9.27. The van der Waals surface area contributed by atoms with Gasteiger partial charge in [-0.05, 0) is 62.4 Å². The lowest BCUT2D eigenvalue weighted by molar-refractivity contribution is 0.185. The third-order valence-electron chi connectivity index (χ3n) is 2.72. The molecule has 1 atom stereocenters. The monoisotopic (exact) mass is 208 g/mol. The van der Waals surface area contributed by atoms with E-state index in [1.54, 1.807) is 7.11 Å². The Morgan fingerprint density at radius 2 is 1.80 bits per heavy atom. The van der Waals surface area contributed by atoms with E-state index in [1.807, 2.05) is 19.1 Å². The molecule has 1 rings (SSSR count). The van der Waals surface area contributed by atoms with Crippen LogP contribution < -0.4 is 4.74 Å². The molecule has 1 unspecified atom stereocenters. The van der Waals surface area contributed by atoms with E-state index in [0.29, 0.717) is 0 Å². The van der Waals surface area contributed by atoms with Gasteiger partial charge in [0.05, 0.1) is 13.2 Å². The van der Waals surface area contributed by atoms with E-state index in [0.717, 1.165) is 18.6 Å². The molecule has 0 aliphatic heterocycles. The zero-order chi connectivity index (χ0) is 11.4. The highest BCUT2D eigenvalue weighted by Gasteiger charge is 2.06. The molecule has 0 heterocycles. The lowest BCUT2D eigenvalue weighted by Gasteiger charge is -2.12. The third kappa shape index (κ3) is 3.24. The molecule has 1 aromatic carbocycles. The van der Waals surface area contributed by atoms with Crippen LogP contribution in [0, 0.1) is 13.8 Å². The van der Waals surface area contributed by atoms with Crippen LogP contribution >= 0.6 is 0 Å². The summed E-state index contributed by atoms with van der Waals surface area (Å²) in [6.07, 6.45) is 1.51. The minimum absolute atomic E-state index is 0.231. The van der Waals surface area contributed by atoms with Crippen LogP contribution in [0.4, 0.5) is 0 Å². The number of ether oxygens (including phenoxy) is 1. The number of hydrogen-bond acceptors (Lipinski definition) is 2. The van der Waals surface area contributed by atoms with E-state index in [2.05, 4.69) is 13.8 Å². The Balaban J connectivity index is 2.88. The summed E-state index contributed by atoms with van der Waals surface area (Å²) in [5, 5.41) is 9.27. The van der Waals surface area contributed by atoms with Crippen molar-refractivity contribution in [1.82, 2.24) is 0 Å². The summed E-state index contributed by atoms with van der Waals surface area (Å²) in [4.78, 5) is 0. The van der Waals surface area contributed by atoms with Gasteiger partial charge in [0.2, 0.25) is 0 Å². The van der Waals surface area contributed by atoms with E-state index >= 15 is 0 Å². The maximum atomic E-state index is 9.27. The van der Waals surface area contributed by atoms with Gasteiger partial charge in [-0.25, -0.2) is 0 Å². The second-order valence-electron chi connectivity index (χ2n) is 4.13. The van der Waals surface area contributed by atoms with Gasteiger partial charge in [0, 0.05) is 0 Å². The summed E-state index contributed by atoms with van der Waals surface area (Å²) in [5.41, 5.74) is 3.82. The molecule has 15 heavy (non-hydrogen) atoms. The van der Waals surface area contributed by atoms with E-state index in [1.165, 1.54) is 16.7 Å². The predicted octanol–water partition coefficient (Wildman–Crippen LogP) is 2.63. The lowest BCUT2D eigenvalue weighted by atomic mass is 9.97. The van der Waals surface area contributed by atoms with Crippen LogP contribution in [0.25, 0.3) is 0 Å². The van der Waals surface area contributed by atoms with Crippen molar-refractivity contribution in [3.8, 4) is 5.75 Å². The Bertz CT molecular complexity index is 306. The molecule has 2 nitrogen and oxygen atoms in total. The first-order valence-corrected chi connectivity index (χ1v) is 5.36. The van der Waals surface area contributed by atoms with E-state index in [4.69, 9.17) is 4.74 Å². The van der Waals surface area contributed by atoms with Crippen molar-refractivity contribution in [3.05, 3.63) is 28.8 Å². The van der Waals surface area contributed by atoms with Gasteiger partial charge in [0.25, 0.3) is 0 Å². The van der Waals surface area contributed by atoms with Crippen molar-refractivity contribution >= 4 is 0 Å². The van der Waals surface area contributed by atoms with Crippen LogP contribution in [0.5, 0.6) is 5.75 Å². The fourth-order valence-corrected chi connectivity index (χ4v) is 1.82. The maximum Gasteiger partial charge on any atom is 0.119 e. The van der Waals surface area contributed by atoms with Crippen LogP contribution in [0.3, 0.4) is 0 Å². The SMILES string of the molecule is COc1cc(C)c(CCC(C)O)c(C)c1. The summed E-state index contributed by atoms with van der Waals surface area (Å²) in [5.74, 6) is 0.908. The van der Waals surface area contributed by atoms with Gasteiger partial charge in [-0.2, -0.15) is 0 Å². The van der Waals surface area contributed by atoms with Crippen LogP contribution in [-0.2, 0) is 6.42 Å². The molecule has 0 radical (unpaired) electrons. The molecule has 2 heteroatoms. The van der Waals surface area contributed by atoms with Crippen LogP contribution in [0.2, 0.25) is 0 Å². The van der Waals surface area contributed by atoms with Crippen LogP contribution in [0.1, 0.15) is 30.0 Å². The first-order valence-electron chi connectivity index (χ1n) is 5.36. The van der Waals surface area contributed by atoms with Crippen molar-refractivity contribution in [2.75, 3.05) is 7.11 Å². The molecule has 0 fully saturated rings. The number of hydrogen-bond donors (Lipinski definition) is 1. The van der Waals surface area contributed by atoms with Gasteiger partial charge in [-0.3, -0.25) is 0 Å². The highest BCUT2D eigenvalue weighted by molar-refractivity contribution is 5.41. The van der Waals surface area contributed by atoms with Crippen LogP contribution in [-0.4, -0.2) is 18.3 Å². The number of benzene rings is 1. The molecule has 0 spiro atoms. The number of methoxy groups -OCH3 is 1. The fraction of sp³-hybridized carbons (Fsp3) is 0.538. The van der Waals surface area contributed by atoms with Gasteiger partial charge >= 0.3 is 0 Å². The zero-order valence-electron chi connectivity index (χ0n) is 10.0. The number of aryl methyl sites for hydroxylation is 2. The number of aliphatic hydroxyl groups excluding tert-OH is 1. The number of rotatable bonds is 4. The summed E-state index contributed by atoms with van der Waals surface area (Å²) < 4.78 is 5.21. The molecule has 0 aromatic heterocycles. The Hall–Kier alpha value is -1.02. The molecular formula is C13H20O2. The van der Waals surface area contributed by atoms with Gasteiger partial charge in [-0.1, -0.05) is 0 Å². The summed E-state index contributed by atoms with van der Waals surface area (Å²) in [6.45, 7) is 6.01. The van der Waals surface area contributed by atoms with E-state index in [9.17, 15) is 5.11 Å². The second-order valence-corrected chi connectivity index (χ2v) is 4.13. The molecule has 0 bridgehead atoms. The Morgan fingerprint density at radius 3 is 2.20 bits per heavy atom. The molecule has 0 saturated heterocycles. The van der Waals surface area contributed by atoms with Gasteiger partial charge in [0.15, 0.2) is 0 Å². The van der Waals surface area contributed by atoms with Crippen LogP contribution in [0.15, 0.2) is 12.1 Å². The topological polar surface area (TPSA) is 29.5 Å². The molecule has 0 aliphatic rings. The smallest absolute Gasteiger partial charge is 0.119 e. The van der Waals surface area contributed by atoms with Crippen molar-refractivity contribution in [1.29, 1.82) is 0 Å². The van der Waals surface area contributed by atoms with E-state index in [-0.39, 0.29) is 6.10 Å². The van der Waals surface area contributed by atoms with Gasteiger partial charge < -0.3 is 9.84 Å². The summed E-state index contributed by atoms with van der Waals surface area (Å²) >= 11 is 0. The normalized spacial score (nSPS) is 12.6. The average Bonchev–Trinajstić information content (AvgIpc) is 2.15. The molecule has 84 valence electrons. The Labute approximate surface area is 91.9 Å². The first-order chi connectivity index (χ1) is 7.04. The Kier molecular flexibility index (Phi) is 4.15. The first kappa shape index (κ1) is 12.1. The van der Waals surface area contributed by atoms with Crippen molar-refractivity contribution in [2.24, 2.45) is 0 Å². The minimum atomic E-state index is -0.231. The quantitative estimate of drug-likeness (QED) is 0.824. The number of aliphatic hydroxyl groups is 1. The van der Waals surface area contributed by atoms with Gasteiger partial charge in [0.1, 0.15) is 5.75 Å². The molecular weight excluding hydrogens is 188 g/mol. The molecule has 1 N–H and O–H groups in total. The highest BCUT2D eigenvalue weighted by Crippen LogP contribution is 2.23.